The van der Waals surface area contributed by atoms with Crippen LogP contribution in [0.3, 0.4) is 0 Å². The van der Waals surface area contributed by atoms with Crippen molar-refractivity contribution in [2.75, 3.05) is 6.54 Å². The third-order valence-electron chi connectivity index (χ3n) is 3.08. The summed E-state index contributed by atoms with van der Waals surface area (Å²) in [6.07, 6.45) is 3.90. The molecule has 0 radical (unpaired) electrons. The second-order valence-electron chi connectivity index (χ2n) is 4.62. The smallest absolute Gasteiger partial charge is 0.158 e. The molecular formula is C16H22NO+. The Labute approximate surface area is 109 Å². The molecule has 2 heteroatoms. The van der Waals surface area contributed by atoms with Crippen LogP contribution >= 0.6 is 0 Å². The molecule has 0 fully saturated rings. The van der Waals surface area contributed by atoms with Crippen molar-refractivity contribution in [2.45, 2.75) is 32.7 Å². The number of benzene rings is 1. The highest BCUT2D eigenvalue weighted by Crippen LogP contribution is 2.21. The lowest BCUT2D eigenvalue weighted by molar-refractivity contribution is -0.672. The molecule has 2 nitrogen and oxygen atoms in total. The van der Waals surface area contributed by atoms with Crippen molar-refractivity contribution in [3.05, 3.63) is 48.2 Å². The lowest BCUT2D eigenvalue weighted by atomic mass is 10.2. The van der Waals surface area contributed by atoms with E-state index in [4.69, 9.17) is 4.42 Å². The zero-order valence-electron chi connectivity index (χ0n) is 11.1. The summed E-state index contributed by atoms with van der Waals surface area (Å²) in [5.41, 5.74) is 1.15. The van der Waals surface area contributed by atoms with E-state index in [1.165, 1.54) is 25.8 Å². The monoisotopic (exact) mass is 244 g/mol. The maximum Gasteiger partial charge on any atom is 0.158 e. The van der Waals surface area contributed by atoms with Gasteiger partial charge in [-0.15, -0.1) is 0 Å². The first kappa shape index (κ1) is 12.9. The lowest BCUT2D eigenvalue weighted by Gasteiger charge is -1.99. The third kappa shape index (κ3) is 3.74. The Morgan fingerprint density at radius 3 is 2.61 bits per heavy atom. The van der Waals surface area contributed by atoms with Crippen molar-refractivity contribution in [3.63, 3.8) is 0 Å². The van der Waals surface area contributed by atoms with Gasteiger partial charge in [0, 0.05) is 5.56 Å². The van der Waals surface area contributed by atoms with Crippen LogP contribution in [0, 0.1) is 0 Å². The number of quaternary nitrogens is 1. The largest absolute Gasteiger partial charge is 0.455 e. The van der Waals surface area contributed by atoms with Gasteiger partial charge in [-0.05, 0) is 25.0 Å². The van der Waals surface area contributed by atoms with Crippen molar-refractivity contribution in [1.82, 2.24) is 0 Å². The molecule has 2 aromatic rings. The highest BCUT2D eigenvalue weighted by molar-refractivity contribution is 5.57. The van der Waals surface area contributed by atoms with Gasteiger partial charge in [0.2, 0.25) is 0 Å². The molecule has 1 heterocycles. The summed E-state index contributed by atoms with van der Waals surface area (Å²) in [5.74, 6) is 2.03. The topological polar surface area (TPSA) is 29.8 Å². The van der Waals surface area contributed by atoms with E-state index in [-0.39, 0.29) is 0 Å². The fourth-order valence-corrected chi connectivity index (χ4v) is 2.03. The van der Waals surface area contributed by atoms with Crippen LogP contribution in [-0.2, 0) is 6.54 Å². The Kier molecular flexibility index (Phi) is 5.03. The summed E-state index contributed by atoms with van der Waals surface area (Å²) in [5, 5.41) is 2.32. The molecule has 0 spiro atoms. The molecule has 1 aromatic carbocycles. The van der Waals surface area contributed by atoms with Gasteiger partial charge in [-0.25, -0.2) is 0 Å². The first-order chi connectivity index (χ1) is 8.90. The molecule has 0 atom stereocenters. The number of rotatable bonds is 7. The molecule has 0 aliphatic heterocycles. The maximum absolute atomic E-state index is 5.84. The second-order valence-corrected chi connectivity index (χ2v) is 4.62. The fraction of sp³-hybridized carbons (Fsp3) is 0.375. The van der Waals surface area contributed by atoms with Crippen molar-refractivity contribution in [2.24, 2.45) is 0 Å². The summed E-state index contributed by atoms with van der Waals surface area (Å²) in [6, 6.07) is 14.4. The quantitative estimate of drug-likeness (QED) is 0.745. The molecular weight excluding hydrogens is 222 g/mol. The minimum absolute atomic E-state index is 0.941. The molecule has 0 unspecified atom stereocenters. The van der Waals surface area contributed by atoms with Gasteiger partial charge in [-0.3, -0.25) is 0 Å². The van der Waals surface area contributed by atoms with E-state index in [1.807, 2.05) is 18.2 Å². The Balaban J connectivity index is 1.83. The van der Waals surface area contributed by atoms with E-state index < -0.39 is 0 Å². The molecule has 0 saturated heterocycles. The molecule has 0 aliphatic rings. The zero-order chi connectivity index (χ0) is 12.6. The van der Waals surface area contributed by atoms with Crippen molar-refractivity contribution in [1.29, 1.82) is 0 Å². The van der Waals surface area contributed by atoms with Crippen molar-refractivity contribution in [3.8, 4) is 11.3 Å². The zero-order valence-corrected chi connectivity index (χ0v) is 11.1. The standard InChI is InChI=1S/C16H21NO/c1-2-3-7-12-17-13-15-10-11-16(18-15)14-8-5-4-6-9-14/h4-6,8-11,17H,2-3,7,12-13H2,1H3/p+1. The lowest BCUT2D eigenvalue weighted by Crippen LogP contribution is -2.82. The normalized spacial score (nSPS) is 10.7. The molecule has 18 heavy (non-hydrogen) atoms. The maximum atomic E-state index is 5.84. The molecule has 2 rings (SSSR count). The molecule has 1 aromatic heterocycles. The van der Waals surface area contributed by atoms with Crippen LogP contribution in [-0.4, -0.2) is 6.54 Å². The second kappa shape index (κ2) is 7.02. The predicted octanol–water partition coefficient (Wildman–Crippen LogP) is 3.20. The van der Waals surface area contributed by atoms with Crippen LogP contribution in [0.5, 0.6) is 0 Å². The van der Waals surface area contributed by atoms with E-state index in [0.717, 1.165) is 23.6 Å². The molecule has 2 N–H and O–H groups in total. The van der Waals surface area contributed by atoms with E-state index in [1.54, 1.807) is 0 Å². The summed E-state index contributed by atoms with van der Waals surface area (Å²) in [6.45, 7) is 4.37. The Morgan fingerprint density at radius 2 is 1.83 bits per heavy atom. The van der Waals surface area contributed by atoms with Crippen molar-refractivity contribution >= 4 is 0 Å². The Hall–Kier alpha value is -1.54. The van der Waals surface area contributed by atoms with E-state index in [0.29, 0.717) is 0 Å². The van der Waals surface area contributed by atoms with Gasteiger partial charge in [0.05, 0.1) is 6.54 Å². The molecule has 0 bridgehead atoms. The number of unbranched alkanes of at least 4 members (excludes halogenated alkanes) is 2. The Morgan fingerprint density at radius 1 is 1.00 bits per heavy atom. The first-order valence-electron chi connectivity index (χ1n) is 6.86. The minimum atomic E-state index is 0.941. The molecule has 0 amide bonds. The number of furan rings is 1. The van der Waals surface area contributed by atoms with Gasteiger partial charge in [-0.1, -0.05) is 43.7 Å². The summed E-state index contributed by atoms with van der Waals surface area (Å²) >= 11 is 0. The summed E-state index contributed by atoms with van der Waals surface area (Å²) in [4.78, 5) is 0. The van der Waals surface area contributed by atoms with Crippen LogP contribution in [0.15, 0.2) is 46.9 Å². The van der Waals surface area contributed by atoms with E-state index >= 15 is 0 Å². The van der Waals surface area contributed by atoms with Gasteiger partial charge in [-0.2, -0.15) is 0 Å². The third-order valence-corrected chi connectivity index (χ3v) is 3.08. The highest BCUT2D eigenvalue weighted by atomic mass is 16.3. The minimum Gasteiger partial charge on any atom is -0.455 e. The number of hydrogen-bond donors (Lipinski definition) is 1. The molecule has 0 aliphatic carbocycles. The van der Waals surface area contributed by atoms with Crippen LogP contribution in [0.2, 0.25) is 0 Å². The average Bonchev–Trinajstić information content (AvgIpc) is 2.88. The predicted molar refractivity (Wildman–Crippen MR) is 74.2 cm³/mol. The van der Waals surface area contributed by atoms with Crippen LogP contribution in [0.4, 0.5) is 0 Å². The van der Waals surface area contributed by atoms with Gasteiger partial charge in [0.1, 0.15) is 12.3 Å². The van der Waals surface area contributed by atoms with Gasteiger partial charge in [0.15, 0.2) is 5.76 Å². The van der Waals surface area contributed by atoms with Gasteiger partial charge in [0.25, 0.3) is 0 Å². The van der Waals surface area contributed by atoms with Crippen LogP contribution in [0.25, 0.3) is 11.3 Å². The van der Waals surface area contributed by atoms with Crippen molar-refractivity contribution < 1.29 is 9.73 Å². The Bertz CT molecular complexity index is 447. The first-order valence-corrected chi connectivity index (χ1v) is 6.86. The highest BCUT2D eigenvalue weighted by Gasteiger charge is 2.05. The molecule has 96 valence electrons. The van der Waals surface area contributed by atoms with E-state index in [9.17, 15) is 0 Å². The van der Waals surface area contributed by atoms with E-state index in [2.05, 4.69) is 36.5 Å². The number of nitrogens with two attached hydrogens (primary N) is 1. The van der Waals surface area contributed by atoms with Gasteiger partial charge >= 0.3 is 0 Å². The SMILES string of the molecule is CCCCC[NH2+]Cc1ccc(-c2ccccc2)o1. The molecule has 0 saturated carbocycles. The summed E-state index contributed by atoms with van der Waals surface area (Å²) in [7, 11) is 0. The number of hydrogen-bond acceptors (Lipinski definition) is 1. The van der Waals surface area contributed by atoms with Crippen LogP contribution < -0.4 is 5.32 Å². The van der Waals surface area contributed by atoms with Crippen LogP contribution in [0.1, 0.15) is 31.9 Å². The van der Waals surface area contributed by atoms with Gasteiger partial charge < -0.3 is 9.73 Å². The fourth-order valence-electron chi connectivity index (χ4n) is 2.03. The average molecular weight is 244 g/mol. The summed E-state index contributed by atoms with van der Waals surface area (Å²) < 4.78 is 5.84.